The summed E-state index contributed by atoms with van der Waals surface area (Å²) < 4.78 is 2.23. The maximum Gasteiger partial charge on any atom is 0.106 e. The number of imidazole rings is 1. The van der Waals surface area contributed by atoms with Crippen molar-refractivity contribution in [2.75, 3.05) is 0 Å². The highest BCUT2D eigenvalue weighted by molar-refractivity contribution is 6.31. The highest BCUT2D eigenvalue weighted by Crippen LogP contribution is 2.21. The van der Waals surface area contributed by atoms with Crippen LogP contribution in [0.3, 0.4) is 0 Å². The summed E-state index contributed by atoms with van der Waals surface area (Å²) in [6.07, 6.45) is 4.57. The minimum Gasteiger partial charge on any atom is -0.327 e. The first-order chi connectivity index (χ1) is 9.24. The van der Waals surface area contributed by atoms with Gasteiger partial charge in [-0.25, -0.2) is 4.98 Å². The molecule has 3 rings (SSSR count). The lowest BCUT2D eigenvalue weighted by Crippen LogP contribution is -2.18. The van der Waals surface area contributed by atoms with Crippen molar-refractivity contribution in [2.45, 2.75) is 38.9 Å². The molecule has 3 nitrogen and oxygen atoms in total. The zero-order valence-electron chi connectivity index (χ0n) is 11.1. The molecule has 0 aliphatic heterocycles. The summed E-state index contributed by atoms with van der Waals surface area (Å²) in [6.45, 7) is 3.71. The third-order valence-electron chi connectivity index (χ3n) is 3.57. The lowest BCUT2D eigenvalue weighted by Gasteiger charge is -2.12. The van der Waals surface area contributed by atoms with E-state index in [1.165, 1.54) is 18.5 Å². The van der Waals surface area contributed by atoms with Gasteiger partial charge in [-0.1, -0.05) is 29.8 Å². The minimum absolute atomic E-state index is 0.712. The van der Waals surface area contributed by atoms with E-state index in [9.17, 15) is 0 Å². The summed E-state index contributed by atoms with van der Waals surface area (Å²) in [6, 6.07) is 8.70. The van der Waals surface area contributed by atoms with E-state index in [0.29, 0.717) is 6.04 Å². The van der Waals surface area contributed by atoms with Crippen LogP contribution in [0, 0.1) is 6.92 Å². The van der Waals surface area contributed by atoms with Crippen molar-refractivity contribution in [3.8, 4) is 0 Å². The van der Waals surface area contributed by atoms with Gasteiger partial charge in [0.05, 0.1) is 12.2 Å². The molecule has 1 heterocycles. The van der Waals surface area contributed by atoms with E-state index in [1.54, 1.807) is 0 Å². The second-order valence-corrected chi connectivity index (χ2v) is 5.54. The van der Waals surface area contributed by atoms with Crippen molar-refractivity contribution in [2.24, 2.45) is 0 Å². The smallest absolute Gasteiger partial charge is 0.106 e. The molecule has 0 spiro atoms. The predicted octanol–water partition coefficient (Wildman–Crippen LogP) is 3.15. The number of aromatic nitrogens is 2. The lowest BCUT2D eigenvalue weighted by atomic mass is 10.2. The van der Waals surface area contributed by atoms with Crippen molar-refractivity contribution in [1.29, 1.82) is 0 Å². The van der Waals surface area contributed by atoms with Crippen molar-refractivity contribution in [3.63, 3.8) is 0 Å². The van der Waals surface area contributed by atoms with Crippen LogP contribution in [-0.2, 0) is 13.1 Å². The number of hydrogen-bond acceptors (Lipinski definition) is 2. The number of halogens is 1. The number of rotatable bonds is 5. The SMILES string of the molecule is Cc1ncc(CNC2CC2)n1Cc1ccccc1Cl. The monoisotopic (exact) mass is 275 g/mol. The highest BCUT2D eigenvalue weighted by atomic mass is 35.5. The summed E-state index contributed by atoms with van der Waals surface area (Å²) in [5, 5.41) is 4.35. The fourth-order valence-corrected chi connectivity index (χ4v) is 2.40. The average Bonchev–Trinajstić information content (AvgIpc) is 3.17. The van der Waals surface area contributed by atoms with Gasteiger partial charge in [0.15, 0.2) is 0 Å². The van der Waals surface area contributed by atoms with Gasteiger partial charge in [-0.05, 0) is 31.4 Å². The van der Waals surface area contributed by atoms with Crippen LogP contribution in [0.25, 0.3) is 0 Å². The first-order valence-electron chi connectivity index (χ1n) is 6.72. The van der Waals surface area contributed by atoms with Gasteiger partial charge < -0.3 is 9.88 Å². The molecule has 0 atom stereocenters. The van der Waals surface area contributed by atoms with Crippen LogP contribution in [0.2, 0.25) is 5.02 Å². The summed E-state index contributed by atoms with van der Waals surface area (Å²) in [7, 11) is 0. The molecule has 1 aromatic carbocycles. The van der Waals surface area contributed by atoms with Crippen LogP contribution in [0.4, 0.5) is 0 Å². The molecular formula is C15H18ClN3. The number of aryl methyl sites for hydroxylation is 1. The van der Waals surface area contributed by atoms with E-state index in [4.69, 9.17) is 11.6 Å². The Hall–Kier alpha value is -1.32. The zero-order valence-corrected chi connectivity index (χ0v) is 11.8. The average molecular weight is 276 g/mol. The molecule has 0 unspecified atom stereocenters. The molecular weight excluding hydrogens is 258 g/mol. The van der Waals surface area contributed by atoms with Gasteiger partial charge in [-0.3, -0.25) is 0 Å². The van der Waals surface area contributed by atoms with Gasteiger partial charge >= 0.3 is 0 Å². The Morgan fingerprint density at radius 3 is 2.89 bits per heavy atom. The van der Waals surface area contributed by atoms with E-state index in [2.05, 4.69) is 20.9 Å². The largest absolute Gasteiger partial charge is 0.327 e. The van der Waals surface area contributed by atoms with Crippen LogP contribution >= 0.6 is 11.6 Å². The maximum atomic E-state index is 6.23. The first-order valence-corrected chi connectivity index (χ1v) is 7.09. The molecule has 1 N–H and O–H groups in total. The summed E-state index contributed by atoms with van der Waals surface area (Å²) in [5.74, 6) is 1.03. The number of nitrogens with one attached hydrogen (secondary N) is 1. The van der Waals surface area contributed by atoms with Gasteiger partial charge in [0.1, 0.15) is 5.82 Å². The van der Waals surface area contributed by atoms with Crippen LogP contribution in [0.5, 0.6) is 0 Å². The van der Waals surface area contributed by atoms with Crippen molar-refractivity contribution >= 4 is 11.6 Å². The molecule has 1 aliphatic carbocycles. The van der Waals surface area contributed by atoms with Crippen molar-refractivity contribution < 1.29 is 0 Å². The Morgan fingerprint density at radius 1 is 1.37 bits per heavy atom. The Bertz CT molecular complexity index is 573. The maximum absolute atomic E-state index is 6.23. The topological polar surface area (TPSA) is 29.9 Å². The zero-order chi connectivity index (χ0) is 13.2. The molecule has 2 aromatic rings. The van der Waals surface area contributed by atoms with E-state index >= 15 is 0 Å². The molecule has 1 aromatic heterocycles. The van der Waals surface area contributed by atoms with Crippen LogP contribution in [0.1, 0.15) is 29.9 Å². The molecule has 1 aliphatic rings. The van der Waals surface area contributed by atoms with Crippen molar-refractivity contribution in [1.82, 2.24) is 14.9 Å². The first kappa shape index (κ1) is 12.7. The quantitative estimate of drug-likeness (QED) is 0.908. The fourth-order valence-electron chi connectivity index (χ4n) is 2.21. The number of hydrogen-bond donors (Lipinski definition) is 1. The third kappa shape index (κ3) is 2.99. The molecule has 0 saturated heterocycles. The fraction of sp³-hybridized carbons (Fsp3) is 0.400. The predicted molar refractivity (Wildman–Crippen MR) is 77.4 cm³/mol. The second kappa shape index (κ2) is 5.35. The van der Waals surface area contributed by atoms with Gasteiger partial charge in [-0.2, -0.15) is 0 Å². The summed E-state index contributed by atoms with van der Waals surface area (Å²) >= 11 is 6.23. The summed E-state index contributed by atoms with van der Waals surface area (Å²) in [5.41, 5.74) is 2.36. The molecule has 4 heteroatoms. The molecule has 100 valence electrons. The van der Waals surface area contributed by atoms with E-state index in [-0.39, 0.29) is 0 Å². The van der Waals surface area contributed by atoms with E-state index < -0.39 is 0 Å². The molecule has 0 radical (unpaired) electrons. The molecule has 0 bridgehead atoms. The highest BCUT2D eigenvalue weighted by Gasteiger charge is 2.21. The second-order valence-electron chi connectivity index (χ2n) is 5.13. The molecule has 1 saturated carbocycles. The van der Waals surface area contributed by atoms with E-state index in [1.807, 2.05) is 31.3 Å². The lowest BCUT2D eigenvalue weighted by molar-refractivity contribution is 0.627. The number of nitrogens with zero attached hydrogens (tertiary/aromatic N) is 2. The van der Waals surface area contributed by atoms with Crippen LogP contribution in [-0.4, -0.2) is 15.6 Å². The van der Waals surface area contributed by atoms with Gasteiger partial charge in [0, 0.05) is 23.8 Å². The Balaban J connectivity index is 1.79. The molecule has 19 heavy (non-hydrogen) atoms. The summed E-state index contributed by atoms with van der Waals surface area (Å²) in [4.78, 5) is 4.42. The third-order valence-corrected chi connectivity index (χ3v) is 3.94. The van der Waals surface area contributed by atoms with Gasteiger partial charge in [0.2, 0.25) is 0 Å². The van der Waals surface area contributed by atoms with Crippen molar-refractivity contribution in [3.05, 3.63) is 52.6 Å². The standard InChI is InChI=1S/C15H18ClN3/c1-11-17-8-14(9-18-13-6-7-13)19(11)10-12-4-2-3-5-15(12)16/h2-5,8,13,18H,6-7,9-10H2,1H3. The Labute approximate surface area is 118 Å². The Kier molecular flexibility index (Phi) is 3.58. The minimum atomic E-state index is 0.712. The van der Waals surface area contributed by atoms with Crippen LogP contribution in [0.15, 0.2) is 30.5 Å². The Morgan fingerprint density at radius 2 is 2.16 bits per heavy atom. The van der Waals surface area contributed by atoms with Gasteiger partial charge in [-0.15, -0.1) is 0 Å². The van der Waals surface area contributed by atoms with Gasteiger partial charge in [0.25, 0.3) is 0 Å². The number of benzene rings is 1. The van der Waals surface area contributed by atoms with Crippen LogP contribution < -0.4 is 5.32 Å². The normalized spacial score (nSPS) is 14.8. The van der Waals surface area contributed by atoms with E-state index in [0.717, 1.165) is 29.5 Å². The molecule has 1 fully saturated rings. The molecule has 0 amide bonds.